The third-order valence-corrected chi connectivity index (χ3v) is 3.93. The molecule has 0 spiro atoms. The van der Waals surface area contributed by atoms with E-state index in [2.05, 4.69) is 5.32 Å². The van der Waals surface area contributed by atoms with Gasteiger partial charge < -0.3 is 5.32 Å². The standard InChI is InChI=1S/C13H14Cl2N2O2/c1-17-12(18)5-4-11(13(17)19)16-7-8-2-3-9(14)10(15)6-8/h2-3,6,11,16H,4-5,7H2,1H3. The van der Waals surface area contributed by atoms with Crippen LogP contribution in [0.25, 0.3) is 0 Å². The number of rotatable bonds is 3. The molecule has 1 aromatic carbocycles. The zero-order chi connectivity index (χ0) is 14.0. The molecule has 1 N–H and O–H groups in total. The Morgan fingerprint density at radius 1 is 1.32 bits per heavy atom. The smallest absolute Gasteiger partial charge is 0.246 e. The molecular weight excluding hydrogens is 287 g/mol. The SMILES string of the molecule is CN1C(=O)CCC(NCc2ccc(Cl)c(Cl)c2)C1=O. The van der Waals surface area contributed by atoms with Crippen LogP contribution in [0.1, 0.15) is 18.4 Å². The van der Waals surface area contributed by atoms with Gasteiger partial charge in [0.1, 0.15) is 0 Å². The predicted octanol–water partition coefficient (Wildman–Crippen LogP) is 2.23. The average molecular weight is 301 g/mol. The Bertz CT molecular complexity index is 519. The van der Waals surface area contributed by atoms with Crippen molar-refractivity contribution in [3.63, 3.8) is 0 Å². The summed E-state index contributed by atoms with van der Waals surface area (Å²) in [5.74, 6) is -0.311. The van der Waals surface area contributed by atoms with Crippen LogP contribution in [0.15, 0.2) is 18.2 Å². The molecule has 1 unspecified atom stereocenters. The second kappa shape index (κ2) is 5.90. The number of likely N-dealkylation sites (N-methyl/N-ethyl adjacent to an activating group) is 1. The lowest BCUT2D eigenvalue weighted by Gasteiger charge is -2.28. The zero-order valence-electron chi connectivity index (χ0n) is 10.5. The second-order valence-corrected chi connectivity index (χ2v) is 5.33. The number of piperidine rings is 1. The first-order valence-corrected chi connectivity index (χ1v) is 6.72. The summed E-state index contributed by atoms with van der Waals surface area (Å²) in [6, 6.07) is 5.01. The van der Waals surface area contributed by atoms with Gasteiger partial charge >= 0.3 is 0 Å². The topological polar surface area (TPSA) is 49.4 Å². The van der Waals surface area contributed by atoms with E-state index in [1.165, 1.54) is 11.9 Å². The molecular formula is C13H14Cl2N2O2. The van der Waals surface area contributed by atoms with Gasteiger partial charge in [0, 0.05) is 20.0 Å². The molecule has 6 heteroatoms. The molecule has 0 aromatic heterocycles. The van der Waals surface area contributed by atoms with E-state index < -0.39 is 0 Å². The summed E-state index contributed by atoms with van der Waals surface area (Å²) in [7, 11) is 1.51. The van der Waals surface area contributed by atoms with E-state index >= 15 is 0 Å². The molecule has 1 fully saturated rings. The van der Waals surface area contributed by atoms with Crippen LogP contribution in [0.5, 0.6) is 0 Å². The Labute approximate surface area is 121 Å². The molecule has 4 nitrogen and oxygen atoms in total. The van der Waals surface area contributed by atoms with E-state index in [-0.39, 0.29) is 17.9 Å². The summed E-state index contributed by atoms with van der Waals surface area (Å²) in [5.41, 5.74) is 0.946. The van der Waals surface area contributed by atoms with Crippen molar-refractivity contribution in [3.8, 4) is 0 Å². The Morgan fingerprint density at radius 2 is 2.05 bits per heavy atom. The minimum absolute atomic E-state index is 0.127. The van der Waals surface area contributed by atoms with Gasteiger partial charge in [0.05, 0.1) is 16.1 Å². The highest BCUT2D eigenvalue weighted by Gasteiger charge is 2.31. The number of nitrogens with zero attached hydrogens (tertiary/aromatic N) is 1. The van der Waals surface area contributed by atoms with Crippen molar-refractivity contribution in [2.24, 2.45) is 0 Å². The van der Waals surface area contributed by atoms with Crippen molar-refractivity contribution in [1.29, 1.82) is 0 Å². The Kier molecular flexibility index (Phi) is 4.45. The molecule has 1 aliphatic heterocycles. The van der Waals surface area contributed by atoms with Crippen LogP contribution in [-0.4, -0.2) is 29.8 Å². The van der Waals surface area contributed by atoms with Crippen LogP contribution in [0.3, 0.4) is 0 Å². The summed E-state index contributed by atoms with van der Waals surface area (Å²) in [6.07, 6.45) is 0.921. The van der Waals surface area contributed by atoms with Crippen LogP contribution < -0.4 is 5.32 Å². The average Bonchev–Trinajstić information content (AvgIpc) is 2.39. The molecule has 2 rings (SSSR count). The van der Waals surface area contributed by atoms with Crippen molar-refractivity contribution < 1.29 is 9.59 Å². The zero-order valence-corrected chi connectivity index (χ0v) is 12.0. The second-order valence-electron chi connectivity index (χ2n) is 4.51. The normalized spacial score (nSPS) is 19.9. The van der Waals surface area contributed by atoms with E-state index in [1.807, 2.05) is 6.07 Å². The fraction of sp³-hybridized carbons (Fsp3) is 0.385. The maximum Gasteiger partial charge on any atom is 0.246 e. The summed E-state index contributed by atoms with van der Waals surface area (Å²) in [4.78, 5) is 24.4. The van der Waals surface area contributed by atoms with Gasteiger partial charge in [0.25, 0.3) is 0 Å². The molecule has 1 aliphatic rings. The Morgan fingerprint density at radius 3 is 2.74 bits per heavy atom. The fourth-order valence-corrected chi connectivity index (χ4v) is 2.32. The summed E-state index contributed by atoms with van der Waals surface area (Å²) in [6.45, 7) is 0.509. The molecule has 1 aromatic rings. The number of halogens is 2. The van der Waals surface area contributed by atoms with Crippen molar-refractivity contribution in [2.45, 2.75) is 25.4 Å². The van der Waals surface area contributed by atoms with Gasteiger partial charge in [-0.3, -0.25) is 14.5 Å². The molecule has 1 saturated heterocycles. The minimum atomic E-state index is -0.322. The number of imide groups is 1. The van der Waals surface area contributed by atoms with Crippen molar-refractivity contribution in [2.75, 3.05) is 7.05 Å². The number of carbonyl (C=O) groups excluding carboxylic acids is 2. The quantitative estimate of drug-likeness (QED) is 0.871. The Balaban J connectivity index is 1.97. The Hall–Kier alpha value is -1.10. The van der Waals surface area contributed by atoms with Crippen LogP contribution in [-0.2, 0) is 16.1 Å². The lowest BCUT2D eigenvalue weighted by molar-refractivity contribution is -0.148. The number of likely N-dealkylation sites (tertiary alicyclic amines) is 1. The molecule has 102 valence electrons. The third kappa shape index (κ3) is 3.26. The van der Waals surface area contributed by atoms with Crippen LogP contribution >= 0.6 is 23.2 Å². The lowest BCUT2D eigenvalue weighted by atomic mass is 10.0. The van der Waals surface area contributed by atoms with Gasteiger partial charge in [-0.25, -0.2) is 0 Å². The first kappa shape index (κ1) is 14.3. The van der Waals surface area contributed by atoms with Gasteiger partial charge in [-0.2, -0.15) is 0 Å². The van der Waals surface area contributed by atoms with E-state index in [1.54, 1.807) is 12.1 Å². The van der Waals surface area contributed by atoms with E-state index in [4.69, 9.17) is 23.2 Å². The number of benzene rings is 1. The van der Waals surface area contributed by atoms with Crippen LogP contribution in [0.4, 0.5) is 0 Å². The van der Waals surface area contributed by atoms with Gasteiger partial charge in [-0.1, -0.05) is 29.3 Å². The molecule has 0 saturated carbocycles. The number of hydrogen-bond acceptors (Lipinski definition) is 3. The van der Waals surface area contributed by atoms with Gasteiger partial charge in [0.15, 0.2) is 0 Å². The van der Waals surface area contributed by atoms with E-state index in [0.717, 1.165) is 5.56 Å². The molecule has 1 heterocycles. The van der Waals surface area contributed by atoms with E-state index in [9.17, 15) is 9.59 Å². The van der Waals surface area contributed by atoms with Crippen LogP contribution in [0.2, 0.25) is 10.0 Å². The highest BCUT2D eigenvalue weighted by atomic mass is 35.5. The molecule has 0 aliphatic carbocycles. The fourth-order valence-electron chi connectivity index (χ4n) is 2.00. The van der Waals surface area contributed by atoms with Gasteiger partial charge in [-0.05, 0) is 24.1 Å². The maximum atomic E-state index is 11.9. The maximum absolute atomic E-state index is 11.9. The minimum Gasteiger partial charge on any atom is -0.302 e. The molecule has 1 atom stereocenters. The highest BCUT2D eigenvalue weighted by Crippen LogP contribution is 2.22. The van der Waals surface area contributed by atoms with Crippen molar-refractivity contribution in [3.05, 3.63) is 33.8 Å². The number of amides is 2. The molecule has 0 radical (unpaired) electrons. The first-order chi connectivity index (χ1) is 8.99. The van der Waals surface area contributed by atoms with E-state index in [0.29, 0.717) is 29.4 Å². The molecule has 0 bridgehead atoms. The largest absolute Gasteiger partial charge is 0.302 e. The summed E-state index contributed by atoms with van der Waals surface area (Å²) >= 11 is 11.8. The predicted molar refractivity (Wildman–Crippen MR) is 74.1 cm³/mol. The van der Waals surface area contributed by atoms with Crippen LogP contribution in [0, 0.1) is 0 Å². The summed E-state index contributed by atoms with van der Waals surface area (Å²) in [5, 5.41) is 4.13. The van der Waals surface area contributed by atoms with Gasteiger partial charge in [0.2, 0.25) is 11.8 Å². The van der Waals surface area contributed by atoms with Crippen molar-refractivity contribution in [1.82, 2.24) is 10.2 Å². The first-order valence-electron chi connectivity index (χ1n) is 5.96. The number of hydrogen-bond donors (Lipinski definition) is 1. The lowest BCUT2D eigenvalue weighted by Crippen LogP contribution is -2.51. The number of carbonyl (C=O) groups is 2. The molecule has 2 amide bonds. The monoisotopic (exact) mass is 300 g/mol. The molecule has 19 heavy (non-hydrogen) atoms. The third-order valence-electron chi connectivity index (χ3n) is 3.19. The van der Waals surface area contributed by atoms with Gasteiger partial charge in [-0.15, -0.1) is 0 Å². The number of nitrogens with one attached hydrogen (secondary N) is 1. The summed E-state index contributed by atoms with van der Waals surface area (Å²) < 4.78 is 0. The highest BCUT2D eigenvalue weighted by molar-refractivity contribution is 6.42. The van der Waals surface area contributed by atoms with Crippen molar-refractivity contribution >= 4 is 35.0 Å².